The van der Waals surface area contributed by atoms with E-state index in [4.69, 9.17) is 0 Å². The molecule has 1 aromatic carbocycles. The summed E-state index contributed by atoms with van der Waals surface area (Å²) >= 11 is 3.27. The second-order valence-corrected chi connectivity index (χ2v) is 5.42. The predicted molar refractivity (Wildman–Crippen MR) is 68.7 cm³/mol. The van der Waals surface area contributed by atoms with E-state index < -0.39 is 16.4 Å². The van der Waals surface area contributed by atoms with Crippen molar-refractivity contribution >= 4 is 21.7 Å². The maximum Gasteiger partial charge on any atom is 0.226 e. The summed E-state index contributed by atoms with van der Waals surface area (Å²) < 4.78 is 0.871. The highest BCUT2D eigenvalue weighted by Gasteiger charge is 2.42. The first-order valence-corrected chi connectivity index (χ1v) is 6.00. The molecule has 0 N–H and O–H groups in total. The summed E-state index contributed by atoms with van der Waals surface area (Å²) in [6, 6.07) is 6.83. The Kier molecular flexibility index (Phi) is 4.03. The maximum atomic E-state index is 12.1. The van der Waals surface area contributed by atoms with Crippen LogP contribution in [0.1, 0.15) is 31.1 Å². The van der Waals surface area contributed by atoms with Gasteiger partial charge in [-0.15, -0.1) is 0 Å². The highest BCUT2D eigenvalue weighted by Crippen LogP contribution is 2.24. The number of carbonyl (C=O) groups is 1. The normalized spacial score (nSPS) is 13.2. The van der Waals surface area contributed by atoms with Gasteiger partial charge in [-0.3, -0.25) is 14.9 Å². The predicted octanol–water partition coefficient (Wildman–Crippen LogP) is 3.32. The van der Waals surface area contributed by atoms with Gasteiger partial charge in [-0.05, 0) is 19.1 Å². The third-order valence-corrected chi connectivity index (χ3v) is 3.58. The zero-order valence-corrected chi connectivity index (χ0v) is 11.5. The first-order valence-electron chi connectivity index (χ1n) is 5.21. The zero-order valence-electron chi connectivity index (χ0n) is 9.94. The van der Waals surface area contributed by atoms with Crippen LogP contribution in [-0.4, -0.2) is 16.2 Å². The molecule has 0 aliphatic rings. The van der Waals surface area contributed by atoms with Crippen LogP contribution in [-0.2, 0) is 0 Å². The maximum absolute atomic E-state index is 12.1. The van der Waals surface area contributed by atoms with E-state index in [-0.39, 0.29) is 5.78 Å². The molecule has 0 aliphatic heterocycles. The van der Waals surface area contributed by atoms with E-state index >= 15 is 0 Å². The summed E-state index contributed by atoms with van der Waals surface area (Å²) in [5, 5.41) is 10.9. The van der Waals surface area contributed by atoms with Gasteiger partial charge in [0.05, 0.1) is 5.92 Å². The summed E-state index contributed by atoms with van der Waals surface area (Å²) in [6.07, 6.45) is 0. The standard InChI is InChI=1S/C12H14BrNO3/c1-8(12(2,3)14(16)17)11(15)9-4-6-10(13)7-5-9/h4-8H,1-3H3. The van der Waals surface area contributed by atoms with E-state index in [0.717, 1.165) is 4.47 Å². The molecule has 17 heavy (non-hydrogen) atoms. The lowest BCUT2D eigenvalue weighted by atomic mass is 9.84. The van der Waals surface area contributed by atoms with E-state index in [1.165, 1.54) is 13.8 Å². The van der Waals surface area contributed by atoms with Crippen LogP contribution in [0.4, 0.5) is 0 Å². The number of hydrogen-bond donors (Lipinski definition) is 0. The quantitative estimate of drug-likeness (QED) is 0.487. The van der Waals surface area contributed by atoms with E-state index in [1.54, 1.807) is 31.2 Å². The lowest BCUT2D eigenvalue weighted by molar-refractivity contribution is -0.566. The van der Waals surface area contributed by atoms with E-state index in [2.05, 4.69) is 15.9 Å². The fraction of sp³-hybridized carbons (Fsp3) is 0.417. The number of rotatable bonds is 4. The van der Waals surface area contributed by atoms with Crippen molar-refractivity contribution in [3.05, 3.63) is 44.4 Å². The van der Waals surface area contributed by atoms with Crippen LogP contribution in [0.25, 0.3) is 0 Å². The second kappa shape index (κ2) is 4.96. The van der Waals surface area contributed by atoms with Crippen molar-refractivity contribution in [1.29, 1.82) is 0 Å². The van der Waals surface area contributed by atoms with Gasteiger partial charge in [0.1, 0.15) is 0 Å². The van der Waals surface area contributed by atoms with Gasteiger partial charge in [0.2, 0.25) is 5.54 Å². The monoisotopic (exact) mass is 299 g/mol. The number of halogens is 1. The second-order valence-electron chi connectivity index (χ2n) is 4.50. The lowest BCUT2D eigenvalue weighted by Gasteiger charge is -2.22. The smallest absolute Gasteiger partial charge is 0.226 e. The molecule has 4 nitrogen and oxygen atoms in total. The average molecular weight is 300 g/mol. The largest absolute Gasteiger partial charge is 0.294 e. The Morgan fingerprint density at radius 2 is 1.82 bits per heavy atom. The average Bonchev–Trinajstić information content (AvgIpc) is 2.27. The Morgan fingerprint density at radius 1 is 1.35 bits per heavy atom. The van der Waals surface area contributed by atoms with Gasteiger partial charge in [0.15, 0.2) is 5.78 Å². The van der Waals surface area contributed by atoms with Crippen molar-refractivity contribution in [2.75, 3.05) is 0 Å². The molecule has 0 radical (unpaired) electrons. The zero-order chi connectivity index (χ0) is 13.2. The number of nitrogens with zero attached hydrogens (tertiary/aromatic N) is 1. The molecule has 0 spiro atoms. The SMILES string of the molecule is CC(C(=O)c1ccc(Br)cc1)C(C)(C)[N+](=O)[O-]. The van der Waals surface area contributed by atoms with Crippen molar-refractivity contribution in [1.82, 2.24) is 0 Å². The highest BCUT2D eigenvalue weighted by atomic mass is 79.9. The van der Waals surface area contributed by atoms with Gasteiger partial charge < -0.3 is 0 Å². The molecule has 0 aromatic heterocycles. The van der Waals surface area contributed by atoms with Crippen molar-refractivity contribution in [3.8, 4) is 0 Å². The van der Waals surface area contributed by atoms with Gasteiger partial charge in [-0.25, -0.2) is 0 Å². The van der Waals surface area contributed by atoms with E-state index in [9.17, 15) is 14.9 Å². The minimum atomic E-state index is -1.26. The number of nitro groups is 1. The Bertz CT molecular complexity index is 440. The van der Waals surface area contributed by atoms with E-state index in [1.807, 2.05) is 0 Å². The Balaban J connectivity index is 2.98. The fourth-order valence-electron chi connectivity index (χ4n) is 1.34. The third-order valence-electron chi connectivity index (χ3n) is 3.05. The highest BCUT2D eigenvalue weighted by molar-refractivity contribution is 9.10. The molecule has 1 unspecified atom stereocenters. The van der Waals surface area contributed by atoms with Gasteiger partial charge >= 0.3 is 0 Å². The van der Waals surface area contributed by atoms with Gasteiger partial charge in [-0.2, -0.15) is 0 Å². The van der Waals surface area contributed by atoms with Crippen molar-refractivity contribution in [2.45, 2.75) is 26.3 Å². The summed E-state index contributed by atoms with van der Waals surface area (Å²) in [5.74, 6) is -0.877. The Hall–Kier alpha value is -1.23. The summed E-state index contributed by atoms with van der Waals surface area (Å²) in [7, 11) is 0. The van der Waals surface area contributed by atoms with Crippen molar-refractivity contribution in [3.63, 3.8) is 0 Å². The molecule has 1 aromatic rings. The number of ketones is 1. The van der Waals surface area contributed by atoms with Gasteiger partial charge in [0.25, 0.3) is 0 Å². The van der Waals surface area contributed by atoms with Crippen LogP contribution in [0, 0.1) is 16.0 Å². The Labute approximate surface area is 108 Å². The molecule has 0 heterocycles. The van der Waals surface area contributed by atoms with Crippen molar-refractivity contribution < 1.29 is 9.72 Å². The van der Waals surface area contributed by atoms with Crippen LogP contribution in [0.5, 0.6) is 0 Å². The molecule has 0 amide bonds. The number of benzene rings is 1. The molecule has 0 saturated heterocycles. The molecule has 1 rings (SSSR count). The topological polar surface area (TPSA) is 60.2 Å². The number of carbonyl (C=O) groups excluding carboxylic acids is 1. The first-order chi connectivity index (χ1) is 7.76. The van der Waals surface area contributed by atoms with Crippen molar-refractivity contribution in [2.24, 2.45) is 5.92 Å². The van der Waals surface area contributed by atoms with Crippen LogP contribution in [0.2, 0.25) is 0 Å². The Morgan fingerprint density at radius 3 is 2.24 bits per heavy atom. The molecule has 0 saturated carbocycles. The summed E-state index contributed by atoms with van der Waals surface area (Å²) in [5.41, 5.74) is -0.764. The molecule has 92 valence electrons. The molecule has 0 aliphatic carbocycles. The van der Waals surface area contributed by atoms with E-state index in [0.29, 0.717) is 5.56 Å². The minimum absolute atomic E-state index is 0.209. The molecule has 5 heteroatoms. The summed E-state index contributed by atoms with van der Waals surface area (Å²) in [6.45, 7) is 4.52. The van der Waals surface area contributed by atoms with Crippen LogP contribution in [0.15, 0.2) is 28.7 Å². The summed E-state index contributed by atoms with van der Waals surface area (Å²) in [4.78, 5) is 22.6. The molecule has 0 bridgehead atoms. The molecule has 0 fully saturated rings. The minimum Gasteiger partial charge on any atom is -0.294 e. The lowest BCUT2D eigenvalue weighted by Crippen LogP contribution is -2.42. The third kappa shape index (κ3) is 2.91. The van der Waals surface area contributed by atoms with Gasteiger partial charge in [0, 0.05) is 28.8 Å². The van der Waals surface area contributed by atoms with Crippen LogP contribution in [0.3, 0.4) is 0 Å². The molecular weight excluding hydrogens is 286 g/mol. The molecular formula is C12H14BrNO3. The fourth-order valence-corrected chi connectivity index (χ4v) is 1.61. The number of Topliss-reactive ketones (excluding diaryl/α,β-unsaturated/α-hetero) is 1. The molecule has 1 atom stereocenters. The van der Waals surface area contributed by atoms with Crippen LogP contribution < -0.4 is 0 Å². The number of hydrogen-bond acceptors (Lipinski definition) is 3. The first kappa shape index (κ1) is 13.8. The van der Waals surface area contributed by atoms with Crippen LogP contribution >= 0.6 is 15.9 Å². The van der Waals surface area contributed by atoms with Gasteiger partial charge in [-0.1, -0.05) is 28.1 Å².